The highest BCUT2D eigenvalue weighted by molar-refractivity contribution is 9.10. The van der Waals surface area contributed by atoms with Gasteiger partial charge < -0.3 is 4.74 Å². The van der Waals surface area contributed by atoms with Crippen LogP contribution in [0.1, 0.15) is 37.4 Å². The molecule has 1 aliphatic rings. The molecule has 1 aromatic heterocycles. The molecule has 0 saturated heterocycles. The molecule has 0 spiro atoms. The smallest absolute Gasteiger partial charge is 0.0929 e. The second-order valence-corrected chi connectivity index (χ2v) is 5.43. The average molecular weight is 303 g/mol. The van der Waals surface area contributed by atoms with Crippen molar-refractivity contribution in [3.05, 3.63) is 16.4 Å². The first-order chi connectivity index (χ1) is 8.14. The van der Waals surface area contributed by atoms with Gasteiger partial charge in [-0.05, 0) is 28.8 Å². The molecular formula is C11H19BrN4O. The van der Waals surface area contributed by atoms with Crippen molar-refractivity contribution < 1.29 is 4.74 Å². The van der Waals surface area contributed by atoms with Crippen LogP contribution in [0, 0.1) is 0 Å². The lowest BCUT2D eigenvalue weighted by atomic mass is 9.90. The van der Waals surface area contributed by atoms with Gasteiger partial charge in [0, 0.05) is 14.2 Å². The summed E-state index contributed by atoms with van der Waals surface area (Å²) in [6, 6.07) is -0.0446. The molecule has 1 fully saturated rings. The quantitative estimate of drug-likeness (QED) is 0.656. The van der Waals surface area contributed by atoms with Crippen molar-refractivity contribution >= 4 is 15.9 Å². The molecule has 2 rings (SSSR count). The maximum Gasteiger partial charge on any atom is 0.0929 e. The summed E-state index contributed by atoms with van der Waals surface area (Å²) >= 11 is 3.52. The minimum absolute atomic E-state index is 0.0446. The van der Waals surface area contributed by atoms with Crippen LogP contribution >= 0.6 is 15.9 Å². The fourth-order valence-corrected chi connectivity index (χ4v) is 3.39. The molecule has 5 nitrogen and oxygen atoms in total. The number of halogens is 1. The lowest BCUT2D eigenvalue weighted by Crippen LogP contribution is -2.47. The van der Waals surface area contributed by atoms with Crippen molar-refractivity contribution in [2.45, 2.75) is 37.3 Å². The third-order valence-corrected chi connectivity index (χ3v) is 4.37. The number of nitrogens with zero attached hydrogens (tertiary/aromatic N) is 2. The van der Waals surface area contributed by atoms with Gasteiger partial charge in [-0.1, -0.05) is 12.8 Å². The molecule has 0 amide bonds. The van der Waals surface area contributed by atoms with Crippen molar-refractivity contribution in [3.63, 3.8) is 0 Å². The van der Waals surface area contributed by atoms with Crippen LogP contribution in [-0.4, -0.2) is 22.5 Å². The number of methoxy groups -OCH3 is 1. The van der Waals surface area contributed by atoms with Gasteiger partial charge in [-0.25, -0.2) is 5.43 Å². The Hall–Kier alpha value is -0.430. The fourth-order valence-electron chi connectivity index (χ4n) is 2.81. The zero-order chi connectivity index (χ0) is 12.5. The molecule has 3 N–H and O–H groups in total. The molecule has 1 aliphatic carbocycles. The molecule has 1 heterocycles. The Balaban J connectivity index is 2.39. The zero-order valence-electron chi connectivity index (χ0n) is 10.2. The lowest BCUT2D eigenvalue weighted by molar-refractivity contribution is -0.0390. The summed E-state index contributed by atoms with van der Waals surface area (Å²) in [6.07, 6.45) is 6.20. The minimum Gasteiger partial charge on any atom is -0.376 e. The van der Waals surface area contributed by atoms with Crippen LogP contribution < -0.4 is 11.3 Å². The minimum atomic E-state index is -0.217. The molecule has 0 aromatic carbocycles. The van der Waals surface area contributed by atoms with Crippen molar-refractivity contribution in [2.24, 2.45) is 12.9 Å². The normalized spacial score (nSPS) is 20.7. The van der Waals surface area contributed by atoms with Gasteiger partial charge in [-0.3, -0.25) is 10.5 Å². The van der Waals surface area contributed by atoms with Crippen molar-refractivity contribution in [3.8, 4) is 0 Å². The zero-order valence-corrected chi connectivity index (χ0v) is 11.8. The summed E-state index contributed by atoms with van der Waals surface area (Å²) in [5, 5.41) is 4.24. The first kappa shape index (κ1) is 13.0. The number of rotatable bonds is 4. The van der Waals surface area contributed by atoms with E-state index in [1.165, 1.54) is 12.8 Å². The Labute approximate surface area is 110 Å². The lowest BCUT2D eigenvalue weighted by Gasteiger charge is -2.36. The van der Waals surface area contributed by atoms with E-state index in [1.807, 2.05) is 11.7 Å². The summed E-state index contributed by atoms with van der Waals surface area (Å²) in [7, 11) is 3.68. The number of hydrogen-bond acceptors (Lipinski definition) is 4. The Morgan fingerprint density at radius 3 is 2.65 bits per heavy atom. The van der Waals surface area contributed by atoms with Gasteiger partial charge in [0.15, 0.2) is 0 Å². The molecule has 17 heavy (non-hydrogen) atoms. The van der Waals surface area contributed by atoms with Gasteiger partial charge in [0.25, 0.3) is 0 Å². The second kappa shape index (κ2) is 5.06. The van der Waals surface area contributed by atoms with E-state index in [0.717, 1.165) is 23.0 Å². The van der Waals surface area contributed by atoms with Crippen molar-refractivity contribution in [1.82, 2.24) is 15.2 Å². The second-order valence-electron chi connectivity index (χ2n) is 4.58. The third-order valence-electron chi connectivity index (χ3n) is 3.76. The summed E-state index contributed by atoms with van der Waals surface area (Å²) in [5.41, 5.74) is 3.72. The van der Waals surface area contributed by atoms with E-state index in [4.69, 9.17) is 10.6 Å². The first-order valence-electron chi connectivity index (χ1n) is 5.83. The van der Waals surface area contributed by atoms with Crippen LogP contribution in [0.4, 0.5) is 0 Å². The van der Waals surface area contributed by atoms with Gasteiger partial charge in [-0.2, -0.15) is 5.10 Å². The summed E-state index contributed by atoms with van der Waals surface area (Å²) in [4.78, 5) is 0. The fraction of sp³-hybridized carbons (Fsp3) is 0.727. The summed E-state index contributed by atoms with van der Waals surface area (Å²) in [5.74, 6) is 5.75. The largest absolute Gasteiger partial charge is 0.376 e. The van der Waals surface area contributed by atoms with Gasteiger partial charge >= 0.3 is 0 Å². The van der Waals surface area contributed by atoms with E-state index in [0.29, 0.717) is 0 Å². The van der Waals surface area contributed by atoms with Crippen LogP contribution in [0.25, 0.3) is 0 Å². The number of ether oxygens (including phenoxy) is 1. The molecule has 1 unspecified atom stereocenters. The number of hydrogen-bond donors (Lipinski definition) is 2. The topological polar surface area (TPSA) is 65.1 Å². The van der Waals surface area contributed by atoms with E-state index < -0.39 is 0 Å². The van der Waals surface area contributed by atoms with Gasteiger partial charge in [0.2, 0.25) is 0 Å². The molecule has 0 radical (unpaired) electrons. The average Bonchev–Trinajstić information content (AvgIpc) is 2.92. The molecular weight excluding hydrogens is 284 g/mol. The highest BCUT2D eigenvalue weighted by Gasteiger charge is 2.44. The SMILES string of the molecule is COC1(C(NN)c2c(Br)cnn2C)CCCC1. The number of nitrogens with two attached hydrogens (primary N) is 1. The monoisotopic (exact) mass is 302 g/mol. The van der Waals surface area contributed by atoms with Gasteiger partial charge in [-0.15, -0.1) is 0 Å². The maximum atomic E-state index is 5.78. The van der Waals surface area contributed by atoms with Crippen molar-refractivity contribution in [1.29, 1.82) is 0 Å². The van der Waals surface area contributed by atoms with Crippen LogP contribution in [0.3, 0.4) is 0 Å². The highest BCUT2D eigenvalue weighted by atomic mass is 79.9. The first-order valence-corrected chi connectivity index (χ1v) is 6.62. The Morgan fingerprint density at radius 1 is 1.59 bits per heavy atom. The van der Waals surface area contributed by atoms with E-state index in [9.17, 15) is 0 Å². The maximum absolute atomic E-state index is 5.78. The van der Waals surface area contributed by atoms with E-state index in [2.05, 4.69) is 26.5 Å². The molecule has 1 atom stereocenters. The predicted molar refractivity (Wildman–Crippen MR) is 69.2 cm³/mol. The molecule has 1 saturated carbocycles. The standard InChI is InChI=1S/C11H19BrN4O/c1-16-9(8(12)7-14-16)10(15-13)11(17-2)5-3-4-6-11/h7,10,15H,3-6,13H2,1-2H3. The van der Waals surface area contributed by atoms with E-state index in [1.54, 1.807) is 13.3 Å². The Kier molecular flexibility index (Phi) is 3.87. The Morgan fingerprint density at radius 2 is 2.24 bits per heavy atom. The van der Waals surface area contributed by atoms with E-state index >= 15 is 0 Å². The molecule has 1 aromatic rings. The highest BCUT2D eigenvalue weighted by Crippen LogP contribution is 2.43. The molecule has 6 heteroatoms. The number of hydrazine groups is 1. The van der Waals surface area contributed by atoms with Gasteiger partial charge in [0.1, 0.15) is 0 Å². The number of nitrogens with one attached hydrogen (secondary N) is 1. The summed E-state index contributed by atoms with van der Waals surface area (Å²) < 4.78 is 8.59. The third kappa shape index (κ3) is 2.14. The van der Waals surface area contributed by atoms with Crippen LogP contribution in [0.2, 0.25) is 0 Å². The van der Waals surface area contributed by atoms with Crippen LogP contribution in [0.15, 0.2) is 10.7 Å². The number of aromatic nitrogens is 2. The van der Waals surface area contributed by atoms with Crippen molar-refractivity contribution in [2.75, 3.05) is 7.11 Å². The van der Waals surface area contributed by atoms with E-state index in [-0.39, 0.29) is 11.6 Å². The molecule has 0 bridgehead atoms. The molecule has 96 valence electrons. The number of aryl methyl sites for hydroxylation is 1. The van der Waals surface area contributed by atoms with Crippen LogP contribution in [-0.2, 0) is 11.8 Å². The van der Waals surface area contributed by atoms with Crippen LogP contribution in [0.5, 0.6) is 0 Å². The summed E-state index contributed by atoms with van der Waals surface area (Å²) in [6.45, 7) is 0. The molecule has 0 aliphatic heterocycles. The Bertz CT molecular complexity index is 367. The van der Waals surface area contributed by atoms with Gasteiger partial charge in [0.05, 0.1) is 28.0 Å². The predicted octanol–water partition coefficient (Wildman–Crippen LogP) is 1.65.